The van der Waals surface area contributed by atoms with E-state index in [1.165, 1.54) is 65.7 Å². The van der Waals surface area contributed by atoms with Crippen LogP contribution in [0.4, 0.5) is 10.5 Å². The first kappa shape index (κ1) is 71.0. The molecule has 3 amide bonds. The molecule has 0 spiro atoms. The molecule has 0 aliphatic carbocycles. The molecule has 1 aromatic carbocycles. The van der Waals surface area contributed by atoms with Crippen LogP contribution in [0.2, 0.25) is 5.02 Å². The minimum absolute atomic E-state index is 0.00508. The first-order valence-electron chi connectivity index (χ1n) is 27.2. The number of ether oxygens (including phenoxy) is 5. The third-order valence-electron chi connectivity index (χ3n) is 14.8. The third-order valence-corrected chi connectivity index (χ3v) is 19.8. The number of esters is 1. The summed E-state index contributed by atoms with van der Waals surface area (Å²) >= 11 is 6.82. The average Bonchev–Trinajstić information content (AvgIpc) is 4.06. The number of alkyl carbamates (subject to hydrolysis) is 1. The number of nitrogens with two attached hydrogens (primary N) is 1. The van der Waals surface area contributed by atoms with Crippen molar-refractivity contribution in [2.45, 2.75) is 177 Å². The number of methoxy groups -OCH3 is 2. The fraction of sp³-hybridized carbons (Fsp3) is 0.649. The van der Waals surface area contributed by atoms with E-state index in [0.717, 1.165) is 17.6 Å². The van der Waals surface area contributed by atoms with Crippen LogP contribution in [0.5, 0.6) is 5.75 Å². The Morgan fingerprint density at radius 3 is 2.41 bits per heavy atom. The number of benzene rings is 1. The Kier molecular flexibility index (Phi) is 28.1. The molecule has 3 aliphatic heterocycles. The molecule has 20 nitrogen and oxygen atoms in total. The Hall–Kier alpha value is -4.30. The van der Waals surface area contributed by atoms with Gasteiger partial charge in [0.25, 0.3) is 10.1 Å². The van der Waals surface area contributed by atoms with Crippen molar-refractivity contribution in [3.05, 3.63) is 71.8 Å². The molecule has 2 saturated heterocycles. The van der Waals surface area contributed by atoms with Gasteiger partial charge in [0.15, 0.2) is 17.3 Å². The zero-order valence-electron chi connectivity index (χ0n) is 49.1. The molecule has 0 aromatic heterocycles. The van der Waals surface area contributed by atoms with Crippen molar-refractivity contribution in [2.75, 3.05) is 52.1 Å². The number of rotatable bonds is 26. The maximum atomic E-state index is 14.4. The van der Waals surface area contributed by atoms with Crippen molar-refractivity contribution in [1.82, 2.24) is 15.5 Å². The molecular formula is C57H88ClN5O15S3. The number of amides is 3. The number of nitrogens with zero attached hydrogens (tertiary/aromatic N) is 2. The number of nitrogens with one attached hydrogen (secondary N) is 2. The van der Waals surface area contributed by atoms with Gasteiger partial charge in [0.05, 0.1) is 37.9 Å². The van der Waals surface area contributed by atoms with Crippen molar-refractivity contribution in [3.63, 3.8) is 0 Å². The molecule has 0 saturated carbocycles. The van der Waals surface area contributed by atoms with Crippen molar-refractivity contribution in [1.29, 1.82) is 0 Å². The molecule has 11 atom stereocenters. The topological polar surface area (TPSA) is 283 Å². The van der Waals surface area contributed by atoms with E-state index >= 15 is 0 Å². The number of halogens is 1. The van der Waals surface area contributed by atoms with Gasteiger partial charge in [-0.25, -0.2) is 9.59 Å². The summed E-state index contributed by atoms with van der Waals surface area (Å²) in [7, 11) is 3.72. The number of aliphatic hydroxyl groups is 1. The van der Waals surface area contributed by atoms with Gasteiger partial charge in [-0.2, -0.15) is 8.42 Å². The number of unbranched alkanes of at least 4 members (excludes halogenated alkanes) is 1. The minimum atomic E-state index is -4.79. The van der Waals surface area contributed by atoms with Crippen LogP contribution < -0.4 is 26.0 Å². The quantitative estimate of drug-likeness (QED) is 0.0148. The number of carbonyl (C=O) groups excluding carboxylic acids is 6. The molecule has 2 unspecified atom stereocenters. The number of fused-ring (bicyclic) bond motifs is 5. The van der Waals surface area contributed by atoms with Crippen LogP contribution >= 0.6 is 33.2 Å². The number of ketones is 2. The Bertz CT molecular complexity index is 2550. The maximum Gasteiger partial charge on any atom is 0.409 e. The largest absolute Gasteiger partial charge is 0.495 e. The highest BCUT2D eigenvalue weighted by atomic mass is 35.5. The van der Waals surface area contributed by atoms with E-state index in [2.05, 4.69) is 30.7 Å². The summed E-state index contributed by atoms with van der Waals surface area (Å²) < 4.78 is 63.7. The molecule has 456 valence electrons. The number of likely N-dealkylation sites (N-methyl/N-ethyl adjacent to an activating group) is 1. The maximum absolute atomic E-state index is 14.4. The molecule has 1 aromatic rings. The highest BCUT2D eigenvalue weighted by Crippen LogP contribution is 2.49. The van der Waals surface area contributed by atoms with E-state index in [1.54, 1.807) is 52.1 Å². The van der Waals surface area contributed by atoms with Gasteiger partial charge in [0, 0.05) is 56.4 Å². The zero-order valence-corrected chi connectivity index (χ0v) is 52.3. The summed E-state index contributed by atoms with van der Waals surface area (Å²) in [4.78, 5) is 84.1. The predicted molar refractivity (Wildman–Crippen MR) is 319 cm³/mol. The standard InChI is InChI=1S/C53H80ClN5O15S3.C4H8/c1-13-32(3)47(63)36(18-14-15-23-55)56-30-38(60)41(77(67,68)69)21-24-75-76-51(6,7)22-20-44(61)58(9)34(5)49(64)73-43-28-45(62)59(10)37-26-35(27-39(70-11)46(37)54)25-31(2)17-16-19-42(71-12)53(66)29-40(72-50(65)57-53)33(4)48-52(43,8)74-48;1-3-4-2/h13,16-17,19,26-27,32-34,36,40-43,48,56,66H,1,14-15,18,20-25,28-30,55H2,2-12H3,(H,57,65)(H,67,68,69);3H,1,4H2,2H3/b19-16+,31-17+;/t32?,33-,34+,36+,40+,41?,42-,43+,48+,52+,53+;/m1./s1. The molecule has 0 radical (unpaired) electrons. The van der Waals surface area contributed by atoms with Crippen LogP contribution in [0.3, 0.4) is 0 Å². The normalized spacial score (nSPS) is 25.8. The molecule has 3 heterocycles. The number of carbonyl (C=O) groups is 6. The monoisotopic (exact) mass is 1210 g/mol. The summed E-state index contributed by atoms with van der Waals surface area (Å²) in [5.74, 6) is -3.32. The lowest BCUT2D eigenvalue weighted by Gasteiger charge is -2.42. The number of allylic oxidation sites excluding steroid dienone is 5. The second-order valence-corrected chi connectivity index (χ2v) is 26.8. The van der Waals surface area contributed by atoms with Crippen molar-refractivity contribution >= 4 is 84.4 Å². The highest BCUT2D eigenvalue weighted by molar-refractivity contribution is 8.77. The Balaban J connectivity index is 0.00000416. The van der Waals surface area contributed by atoms with Gasteiger partial charge < -0.3 is 49.6 Å². The van der Waals surface area contributed by atoms with Crippen molar-refractivity contribution < 1.29 is 70.5 Å². The van der Waals surface area contributed by atoms with Gasteiger partial charge in [-0.15, -0.1) is 13.2 Å². The molecular weight excluding hydrogens is 1130 g/mol. The average molecular weight is 1220 g/mol. The summed E-state index contributed by atoms with van der Waals surface area (Å²) in [6.07, 6.45) is 6.52. The summed E-state index contributed by atoms with van der Waals surface area (Å²) in [6, 6.07) is 1.65. The van der Waals surface area contributed by atoms with Gasteiger partial charge >= 0.3 is 12.1 Å². The molecule has 24 heteroatoms. The smallest absolute Gasteiger partial charge is 0.409 e. The number of epoxide rings is 1. The lowest BCUT2D eigenvalue weighted by molar-refractivity contribution is -0.162. The summed E-state index contributed by atoms with van der Waals surface area (Å²) in [6.45, 7) is 21.5. The van der Waals surface area contributed by atoms with Gasteiger partial charge in [0.1, 0.15) is 46.0 Å². The SMILES string of the molecule is C=CC(C)C(=O)[C@H](CCCCN)NCC(=O)C(CCSSC(C)(C)CCC(=O)N(C)[C@@H](C)C(=O)O[C@H]1CC(=O)N(C)c2cc(cc(OC)c2Cl)C/C(C)=C/C=C/[C@@H](OC)[C@@]2(O)C[C@H](OC(=O)N2)[C@@H](C)[C@@H]2O[C@@]12C)S(=O)(=O)O.C=CCC. The second kappa shape index (κ2) is 32.1. The van der Waals surface area contributed by atoms with Gasteiger partial charge in [-0.05, 0) is 97.4 Å². The molecule has 3 aliphatic rings. The Labute approximate surface area is 492 Å². The van der Waals surface area contributed by atoms with Crippen LogP contribution in [0, 0.1) is 11.8 Å². The lowest BCUT2D eigenvalue weighted by atomic mass is 9.83. The van der Waals surface area contributed by atoms with E-state index in [1.807, 2.05) is 32.9 Å². The van der Waals surface area contributed by atoms with Gasteiger partial charge in [-0.1, -0.05) is 96.3 Å². The van der Waals surface area contributed by atoms with E-state index < -0.39 is 122 Å². The van der Waals surface area contributed by atoms with E-state index in [9.17, 15) is 46.8 Å². The van der Waals surface area contributed by atoms with Crippen molar-refractivity contribution in [3.8, 4) is 5.75 Å². The summed E-state index contributed by atoms with van der Waals surface area (Å²) in [5.41, 5.74) is 4.38. The predicted octanol–water partition coefficient (Wildman–Crippen LogP) is 7.73. The molecule has 6 N–H and O–H groups in total. The zero-order chi connectivity index (χ0) is 61.2. The number of anilines is 1. The van der Waals surface area contributed by atoms with Crippen molar-refractivity contribution in [2.24, 2.45) is 17.6 Å². The third kappa shape index (κ3) is 20.5. The Morgan fingerprint density at radius 1 is 1.15 bits per heavy atom. The van der Waals surface area contributed by atoms with E-state index in [0.29, 0.717) is 50.1 Å². The van der Waals surface area contributed by atoms with Crippen LogP contribution in [0.25, 0.3) is 0 Å². The Morgan fingerprint density at radius 2 is 1.81 bits per heavy atom. The van der Waals surface area contributed by atoms with Crippen LogP contribution in [-0.2, 0) is 59.5 Å². The number of hydrogen-bond donors (Lipinski definition) is 5. The highest BCUT2D eigenvalue weighted by Gasteiger charge is 2.64. The second-order valence-electron chi connectivity index (χ2n) is 21.7. The molecule has 81 heavy (non-hydrogen) atoms. The lowest BCUT2D eigenvalue weighted by Crippen LogP contribution is -2.63. The summed E-state index contributed by atoms with van der Waals surface area (Å²) in [5, 5.41) is 15.7. The minimum Gasteiger partial charge on any atom is -0.495 e. The van der Waals surface area contributed by atoms with E-state index in [-0.39, 0.29) is 35.8 Å². The first-order valence-corrected chi connectivity index (χ1v) is 31.4. The number of Topliss-reactive ketones (excluding diaryl/α,β-unsaturated/α-hetero) is 2. The van der Waals surface area contributed by atoms with Crippen LogP contribution in [-0.4, -0.2) is 163 Å². The molecule has 2 fully saturated rings. The fourth-order valence-electron chi connectivity index (χ4n) is 9.29. The molecule has 4 rings (SSSR count). The molecule has 4 bridgehead atoms. The van der Waals surface area contributed by atoms with Gasteiger partial charge in [-0.3, -0.25) is 29.0 Å². The van der Waals surface area contributed by atoms with E-state index in [4.69, 9.17) is 41.0 Å². The number of hydrogen-bond acceptors (Lipinski definition) is 18. The van der Waals surface area contributed by atoms with Gasteiger partial charge in [0.2, 0.25) is 11.8 Å². The van der Waals surface area contributed by atoms with Crippen LogP contribution in [0.1, 0.15) is 119 Å². The first-order chi connectivity index (χ1) is 37.9. The van der Waals surface area contributed by atoms with Crippen LogP contribution in [0.15, 0.2) is 61.2 Å². The fourth-order valence-corrected chi connectivity index (χ4v) is 13.2.